The lowest BCUT2D eigenvalue weighted by Crippen LogP contribution is -2.11. The lowest BCUT2D eigenvalue weighted by Gasteiger charge is -2.09. The van der Waals surface area contributed by atoms with Crippen LogP contribution >= 0.6 is 46.4 Å². The van der Waals surface area contributed by atoms with Crippen molar-refractivity contribution >= 4 is 58.6 Å². The monoisotopic (exact) mass is 347 g/mol. The molecule has 0 amide bonds. The summed E-state index contributed by atoms with van der Waals surface area (Å²) in [7, 11) is 0. The number of rotatable bonds is 2. The predicted molar refractivity (Wildman–Crippen MR) is 84.2 cm³/mol. The topological polar surface area (TPSA) is 38.7 Å². The summed E-state index contributed by atoms with van der Waals surface area (Å²) in [6.45, 7) is 1.71. The summed E-state index contributed by atoms with van der Waals surface area (Å²) in [5, 5.41) is 0.677. The first-order chi connectivity index (χ1) is 9.34. The largest absolute Gasteiger partial charge is 0.250 e. The number of benzene rings is 1. The Kier molecular flexibility index (Phi) is 4.86. The average molecular weight is 349 g/mol. The highest BCUT2D eigenvalue weighted by Gasteiger charge is 2.27. The van der Waals surface area contributed by atoms with Gasteiger partial charge in [0.15, 0.2) is 11.6 Å². The highest BCUT2D eigenvalue weighted by molar-refractivity contribution is 6.66. The average Bonchev–Trinajstić information content (AvgIpc) is 2.36. The zero-order valence-corrected chi connectivity index (χ0v) is 13.3. The normalized spacial score (nSPS) is 12.1. The van der Waals surface area contributed by atoms with Gasteiger partial charge in [-0.15, -0.1) is 0 Å². The lowest BCUT2D eigenvalue weighted by atomic mass is 10.2. The molecule has 0 fully saturated rings. The molecule has 104 valence electrons. The highest BCUT2D eigenvalue weighted by Crippen LogP contribution is 2.35. The summed E-state index contributed by atoms with van der Waals surface area (Å²) in [4.78, 5) is 12.3. The molecule has 20 heavy (non-hydrogen) atoms. The van der Waals surface area contributed by atoms with Crippen LogP contribution in [0.15, 0.2) is 24.3 Å². The predicted octanol–water partition coefficient (Wildman–Crippen LogP) is 4.83. The third kappa shape index (κ3) is 4.32. The Labute approximate surface area is 136 Å². The van der Waals surface area contributed by atoms with Crippen LogP contribution in [0.5, 0.6) is 0 Å². The van der Waals surface area contributed by atoms with Crippen LogP contribution in [-0.4, -0.2) is 15.0 Å². The molecule has 0 aliphatic heterocycles. The van der Waals surface area contributed by atoms with Crippen molar-refractivity contribution in [2.45, 2.75) is 10.7 Å². The van der Waals surface area contributed by atoms with Gasteiger partial charge >= 0.3 is 0 Å². The molecule has 0 radical (unpaired) electrons. The highest BCUT2D eigenvalue weighted by atomic mass is 35.6. The van der Waals surface area contributed by atoms with Crippen molar-refractivity contribution in [1.82, 2.24) is 15.0 Å². The number of nitrogens with zero attached hydrogens (tertiary/aromatic N) is 3. The third-order valence-electron chi connectivity index (χ3n) is 2.31. The molecule has 0 spiro atoms. The number of alkyl halides is 3. The molecule has 7 heteroatoms. The fraction of sp³-hybridized carbons (Fsp3) is 0.154. The summed E-state index contributed by atoms with van der Waals surface area (Å²) >= 11 is 23.1. The summed E-state index contributed by atoms with van der Waals surface area (Å²) in [5.41, 5.74) is 0.961. The van der Waals surface area contributed by atoms with E-state index in [4.69, 9.17) is 46.4 Å². The Morgan fingerprint density at radius 1 is 0.950 bits per heavy atom. The van der Waals surface area contributed by atoms with E-state index >= 15 is 0 Å². The van der Waals surface area contributed by atoms with Gasteiger partial charge in [0.2, 0.25) is 3.79 Å². The molecule has 0 aliphatic carbocycles. The maximum absolute atomic E-state index is 5.82. The van der Waals surface area contributed by atoms with Crippen LogP contribution in [0.4, 0.5) is 0 Å². The van der Waals surface area contributed by atoms with Crippen molar-refractivity contribution < 1.29 is 0 Å². The first kappa shape index (κ1) is 15.5. The van der Waals surface area contributed by atoms with Gasteiger partial charge in [-0.25, -0.2) is 15.0 Å². The molecule has 1 heterocycles. The molecule has 0 aliphatic rings. The van der Waals surface area contributed by atoms with E-state index in [1.807, 2.05) is 18.2 Å². The van der Waals surface area contributed by atoms with Gasteiger partial charge in [0.25, 0.3) is 0 Å². The summed E-state index contributed by atoms with van der Waals surface area (Å²) in [5.74, 6) is 1.01. The van der Waals surface area contributed by atoms with E-state index in [2.05, 4.69) is 15.0 Å². The van der Waals surface area contributed by atoms with E-state index in [1.54, 1.807) is 25.1 Å². The van der Waals surface area contributed by atoms with Crippen LogP contribution in [0.2, 0.25) is 5.02 Å². The van der Waals surface area contributed by atoms with Crippen LogP contribution in [0.1, 0.15) is 23.0 Å². The van der Waals surface area contributed by atoms with Crippen LogP contribution in [-0.2, 0) is 3.79 Å². The number of hydrogen-bond acceptors (Lipinski definition) is 3. The Bertz CT molecular complexity index is 633. The first-order valence-corrected chi connectivity index (χ1v) is 7.09. The second-order valence-corrected chi connectivity index (χ2v) is 6.66. The van der Waals surface area contributed by atoms with Crippen LogP contribution < -0.4 is 0 Å². The molecule has 1 aromatic carbocycles. The Hall–Kier alpha value is -0.870. The molecule has 3 nitrogen and oxygen atoms in total. The molecule has 0 atom stereocenters. The molecular weight excluding hydrogens is 340 g/mol. The molecule has 2 aromatic rings. The Balaban J connectivity index is 2.29. The van der Waals surface area contributed by atoms with E-state index in [0.717, 1.165) is 5.56 Å². The van der Waals surface area contributed by atoms with Gasteiger partial charge in [-0.3, -0.25) is 0 Å². The van der Waals surface area contributed by atoms with E-state index in [9.17, 15) is 0 Å². The molecule has 0 N–H and O–H groups in total. The fourth-order valence-corrected chi connectivity index (χ4v) is 1.83. The van der Waals surface area contributed by atoms with Crippen molar-refractivity contribution in [1.29, 1.82) is 0 Å². The number of hydrogen-bond donors (Lipinski definition) is 0. The van der Waals surface area contributed by atoms with Crippen molar-refractivity contribution in [3.8, 4) is 0 Å². The van der Waals surface area contributed by atoms with Gasteiger partial charge in [0, 0.05) is 5.02 Å². The van der Waals surface area contributed by atoms with E-state index in [-0.39, 0.29) is 5.82 Å². The fourth-order valence-electron chi connectivity index (χ4n) is 1.45. The first-order valence-electron chi connectivity index (χ1n) is 5.58. The van der Waals surface area contributed by atoms with Crippen molar-refractivity contribution in [2.24, 2.45) is 0 Å². The number of halogens is 4. The van der Waals surface area contributed by atoms with Crippen molar-refractivity contribution in [3.63, 3.8) is 0 Å². The molecule has 0 bridgehead atoms. The van der Waals surface area contributed by atoms with Crippen molar-refractivity contribution in [3.05, 3.63) is 52.3 Å². The smallest absolute Gasteiger partial charge is 0.214 e. The maximum Gasteiger partial charge on any atom is 0.250 e. The standard InChI is InChI=1S/C13H9Cl4N3/c1-8-18-11(20-12(19-8)13(15,16)17)7-4-9-2-5-10(14)6-3-9/h2-7H,1H3. The number of aryl methyl sites for hydroxylation is 1. The number of aromatic nitrogens is 3. The van der Waals surface area contributed by atoms with Gasteiger partial charge in [0.1, 0.15) is 5.82 Å². The van der Waals surface area contributed by atoms with E-state index < -0.39 is 3.79 Å². The van der Waals surface area contributed by atoms with Crippen LogP contribution in [0.3, 0.4) is 0 Å². The third-order valence-corrected chi connectivity index (χ3v) is 3.07. The summed E-state index contributed by atoms with van der Waals surface area (Å²) in [6, 6.07) is 7.35. The summed E-state index contributed by atoms with van der Waals surface area (Å²) in [6.07, 6.45) is 3.56. The van der Waals surface area contributed by atoms with Gasteiger partial charge in [-0.2, -0.15) is 0 Å². The second-order valence-electron chi connectivity index (χ2n) is 3.95. The Morgan fingerprint density at radius 3 is 2.20 bits per heavy atom. The minimum Gasteiger partial charge on any atom is -0.214 e. The van der Waals surface area contributed by atoms with E-state index in [1.165, 1.54) is 0 Å². The quantitative estimate of drug-likeness (QED) is 0.729. The molecule has 1 aromatic heterocycles. The zero-order valence-electron chi connectivity index (χ0n) is 10.3. The molecule has 2 rings (SSSR count). The minimum atomic E-state index is -1.67. The van der Waals surface area contributed by atoms with Gasteiger partial charge in [-0.05, 0) is 30.7 Å². The molecular formula is C13H9Cl4N3. The van der Waals surface area contributed by atoms with Gasteiger partial charge in [-0.1, -0.05) is 64.6 Å². The second kappa shape index (κ2) is 6.27. The molecule has 0 unspecified atom stereocenters. The Morgan fingerprint density at radius 2 is 1.60 bits per heavy atom. The zero-order chi connectivity index (χ0) is 14.8. The van der Waals surface area contributed by atoms with Gasteiger partial charge < -0.3 is 0 Å². The molecule has 0 saturated heterocycles. The van der Waals surface area contributed by atoms with E-state index in [0.29, 0.717) is 16.7 Å². The van der Waals surface area contributed by atoms with Crippen molar-refractivity contribution in [2.75, 3.05) is 0 Å². The van der Waals surface area contributed by atoms with Gasteiger partial charge in [0.05, 0.1) is 0 Å². The molecule has 0 saturated carbocycles. The maximum atomic E-state index is 5.82. The van der Waals surface area contributed by atoms with Crippen LogP contribution in [0.25, 0.3) is 12.2 Å². The SMILES string of the molecule is Cc1nc(C=Cc2ccc(Cl)cc2)nc(C(Cl)(Cl)Cl)n1. The lowest BCUT2D eigenvalue weighted by molar-refractivity contribution is 0.867. The van der Waals surface area contributed by atoms with Crippen LogP contribution in [0, 0.1) is 6.92 Å². The summed E-state index contributed by atoms with van der Waals surface area (Å²) < 4.78 is -1.67. The minimum absolute atomic E-state index is 0.103.